The van der Waals surface area contributed by atoms with Crippen LogP contribution in [0.15, 0.2) is 17.6 Å². The minimum Gasteiger partial charge on any atom is -0.336 e. The largest absolute Gasteiger partial charge is 0.336 e. The molecule has 1 aromatic heterocycles. The summed E-state index contributed by atoms with van der Waals surface area (Å²) in [7, 11) is -3.53. The van der Waals surface area contributed by atoms with E-state index in [9.17, 15) is 8.42 Å². The highest BCUT2D eigenvalue weighted by atomic mass is 35.5. The summed E-state index contributed by atoms with van der Waals surface area (Å²) in [6.07, 6.45) is 7.30. The van der Waals surface area contributed by atoms with Gasteiger partial charge in [-0.25, -0.2) is 18.1 Å². The molecule has 1 aromatic rings. The highest BCUT2D eigenvalue weighted by Crippen LogP contribution is 2.38. The number of halogens is 1. The van der Waals surface area contributed by atoms with Crippen molar-refractivity contribution in [2.45, 2.75) is 44.2 Å². The molecule has 2 rings (SSSR count). The van der Waals surface area contributed by atoms with E-state index in [1.54, 1.807) is 10.8 Å². The molecule has 0 amide bonds. The van der Waals surface area contributed by atoms with Crippen molar-refractivity contribution in [2.24, 2.45) is 5.41 Å². The van der Waals surface area contributed by atoms with Gasteiger partial charge < -0.3 is 4.57 Å². The van der Waals surface area contributed by atoms with E-state index in [1.165, 1.54) is 6.33 Å². The Labute approximate surface area is 119 Å². The quantitative estimate of drug-likeness (QED) is 0.817. The number of nitrogens with zero attached hydrogens (tertiary/aromatic N) is 2. The van der Waals surface area contributed by atoms with Crippen LogP contribution in [0.2, 0.25) is 0 Å². The van der Waals surface area contributed by atoms with Crippen molar-refractivity contribution < 1.29 is 8.42 Å². The molecule has 0 bridgehead atoms. The second-order valence-corrected chi connectivity index (χ2v) is 7.19. The van der Waals surface area contributed by atoms with Crippen LogP contribution in [-0.2, 0) is 16.6 Å². The number of aromatic nitrogens is 2. The lowest BCUT2D eigenvalue weighted by Crippen LogP contribution is -2.37. The number of aryl methyl sites for hydroxylation is 1. The standard InChI is InChI=1S/C12H20ClN3O2S/c1-2-16-7-11(14-10-16)19(17,18)15-9-12(8-13)5-3-4-6-12/h7,10,15H,2-6,8-9H2,1H3. The molecule has 1 N–H and O–H groups in total. The number of nitrogens with one attached hydrogen (secondary N) is 1. The van der Waals surface area contributed by atoms with Gasteiger partial charge in [0.05, 0.1) is 6.33 Å². The van der Waals surface area contributed by atoms with E-state index in [0.29, 0.717) is 19.0 Å². The summed E-state index contributed by atoms with van der Waals surface area (Å²) in [4.78, 5) is 3.93. The Balaban J connectivity index is 2.05. The number of rotatable bonds is 6. The molecule has 5 nitrogen and oxygen atoms in total. The molecule has 1 fully saturated rings. The number of sulfonamides is 1. The fraction of sp³-hybridized carbons (Fsp3) is 0.750. The third-order valence-corrected chi connectivity index (χ3v) is 5.69. The molecule has 0 saturated heterocycles. The molecule has 19 heavy (non-hydrogen) atoms. The second kappa shape index (κ2) is 5.81. The second-order valence-electron chi connectivity index (χ2n) is 5.21. The molecular formula is C12H20ClN3O2S. The van der Waals surface area contributed by atoms with E-state index in [2.05, 4.69) is 9.71 Å². The van der Waals surface area contributed by atoms with Crippen LogP contribution in [0.4, 0.5) is 0 Å². The molecular weight excluding hydrogens is 286 g/mol. The molecule has 7 heteroatoms. The molecule has 1 aliphatic rings. The highest BCUT2D eigenvalue weighted by molar-refractivity contribution is 7.89. The van der Waals surface area contributed by atoms with Crippen LogP contribution in [0.25, 0.3) is 0 Å². The first kappa shape index (κ1) is 14.8. The van der Waals surface area contributed by atoms with Gasteiger partial charge in [-0.15, -0.1) is 11.6 Å². The Morgan fingerprint density at radius 2 is 2.16 bits per heavy atom. The number of alkyl halides is 1. The maximum atomic E-state index is 12.1. The highest BCUT2D eigenvalue weighted by Gasteiger charge is 2.34. The maximum absolute atomic E-state index is 12.1. The van der Waals surface area contributed by atoms with Gasteiger partial charge in [0.15, 0.2) is 5.03 Å². The van der Waals surface area contributed by atoms with Crippen LogP contribution < -0.4 is 4.72 Å². The fourth-order valence-electron chi connectivity index (χ4n) is 2.46. The summed E-state index contributed by atoms with van der Waals surface area (Å²) in [5.74, 6) is 0.499. The van der Waals surface area contributed by atoms with E-state index < -0.39 is 10.0 Å². The maximum Gasteiger partial charge on any atom is 0.259 e. The van der Waals surface area contributed by atoms with Crippen LogP contribution in [0, 0.1) is 5.41 Å². The first-order valence-electron chi connectivity index (χ1n) is 6.59. The zero-order chi connectivity index (χ0) is 13.9. The summed E-state index contributed by atoms with van der Waals surface area (Å²) in [6.45, 7) is 3.04. The average molecular weight is 306 g/mol. The lowest BCUT2D eigenvalue weighted by molar-refractivity contribution is 0.342. The molecule has 1 aliphatic carbocycles. The van der Waals surface area contributed by atoms with E-state index in [0.717, 1.165) is 25.7 Å². The Morgan fingerprint density at radius 3 is 2.68 bits per heavy atom. The van der Waals surface area contributed by atoms with Crippen LogP contribution in [0.5, 0.6) is 0 Å². The van der Waals surface area contributed by atoms with Gasteiger partial charge >= 0.3 is 0 Å². The third kappa shape index (κ3) is 3.30. The summed E-state index contributed by atoms with van der Waals surface area (Å²) in [6, 6.07) is 0. The molecule has 1 saturated carbocycles. The third-order valence-electron chi connectivity index (χ3n) is 3.83. The van der Waals surface area contributed by atoms with E-state index in [1.807, 2.05) is 6.92 Å². The SMILES string of the molecule is CCn1cnc(S(=O)(=O)NCC2(CCl)CCCC2)c1. The van der Waals surface area contributed by atoms with Gasteiger partial charge in [0.1, 0.15) is 0 Å². The minimum absolute atomic E-state index is 0.0806. The summed E-state index contributed by atoms with van der Waals surface area (Å²) < 4.78 is 28.7. The van der Waals surface area contributed by atoms with Crippen molar-refractivity contribution in [2.75, 3.05) is 12.4 Å². The predicted molar refractivity (Wildman–Crippen MR) is 74.7 cm³/mol. The Bertz CT molecular complexity index is 521. The molecule has 0 radical (unpaired) electrons. The Kier molecular flexibility index (Phi) is 4.53. The first-order valence-corrected chi connectivity index (χ1v) is 8.60. The summed E-state index contributed by atoms with van der Waals surface area (Å²) in [5, 5.41) is 0.0806. The Morgan fingerprint density at radius 1 is 1.47 bits per heavy atom. The number of imidazole rings is 1. The van der Waals surface area contributed by atoms with Crippen molar-refractivity contribution in [3.05, 3.63) is 12.5 Å². The van der Waals surface area contributed by atoms with Gasteiger partial charge in [-0.2, -0.15) is 0 Å². The minimum atomic E-state index is -3.53. The lowest BCUT2D eigenvalue weighted by Gasteiger charge is -2.26. The molecule has 0 aromatic carbocycles. The smallest absolute Gasteiger partial charge is 0.259 e. The summed E-state index contributed by atoms with van der Waals surface area (Å²) >= 11 is 6.01. The zero-order valence-electron chi connectivity index (χ0n) is 11.1. The zero-order valence-corrected chi connectivity index (χ0v) is 12.7. The van der Waals surface area contributed by atoms with Gasteiger partial charge in [-0.1, -0.05) is 12.8 Å². The van der Waals surface area contributed by atoms with Crippen molar-refractivity contribution in [1.29, 1.82) is 0 Å². The monoisotopic (exact) mass is 305 g/mol. The number of hydrogen-bond donors (Lipinski definition) is 1. The van der Waals surface area contributed by atoms with Gasteiger partial charge in [0, 0.05) is 25.2 Å². The van der Waals surface area contributed by atoms with Crippen molar-refractivity contribution in [3.8, 4) is 0 Å². The van der Waals surface area contributed by atoms with Crippen LogP contribution in [0.1, 0.15) is 32.6 Å². The number of hydrogen-bond acceptors (Lipinski definition) is 3. The van der Waals surface area contributed by atoms with Crippen LogP contribution in [0.3, 0.4) is 0 Å². The van der Waals surface area contributed by atoms with Crippen molar-refractivity contribution >= 4 is 21.6 Å². The van der Waals surface area contributed by atoms with Gasteiger partial charge in [0.25, 0.3) is 10.0 Å². The lowest BCUT2D eigenvalue weighted by atomic mass is 9.89. The normalized spacial score (nSPS) is 18.8. The molecule has 0 unspecified atom stereocenters. The predicted octanol–water partition coefficient (Wildman–Crippen LogP) is 1.98. The fourth-order valence-corrected chi connectivity index (χ4v) is 3.92. The average Bonchev–Trinajstić information content (AvgIpc) is 3.06. The van der Waals surface area contributed by atoms with Gasteiger partial charge in [0.2, 0.25) is 0 Å². The van der Waals surface area contributed by atoms with E-state index >= 15 is 0 Å². The Hall–Kier alpha value is -0.590. The van der Waals surface area contributed by atoms with Crippen molar-refractivity contribution in [3.63, 3.8) is 0 Å². The first-order chi connectivity index (χ1) is 9.01. The molecule has 0 atom stereocenters. The summed E-state index contributed by atoms with van der Waals surface area (Å²) in [5.41, 5.74) is -0.0814. The van der Waals surface area contributed by atoms with E-state index in [4.69, 9.17) is 11.6 Å². The molecule has 108 valence electrons. The van der Waals surface area contributed by atoms with Gasteiger partial charge in [-0.05, 0) is 25.2 Å². The van der Waals surface area contributed by atoms with E-state index in [-0.39, 0.29) is 10.4 Å². The van der Waals surface area contributed by atoms with Gasteiger partial charge in [-0.3, -0.25) is 0 Å². The van der Waals surface area contributed by atoms with Crippen LogP contribution >= 0.6 is 11.6 Å². The molecule has 1 heterocycles. The van der Waals surface area contributed by atoms with Crippen LogP contribution in [-0.4, -0.2) is 30.4 Å². The molecule has 0 spiro atoms. The topological polar surface area (TPSA) is 64.0 Å². The molecule has 0 aliphatic heterocycles. The van der Waals surface area contributed by atoms with Crippen molar-refractivity contribution in [1.82, 2.24) is 14.3 Å².